The molecule has 1 aromatic heterocycles. The van der Waals surface area contributed by atoms with Gasteiger partial charge in [-0.3, -0.25) is 4.79 Å². The van der Waals surface area contributed by atoms with Crippen LogP contribution in [0.1, 0.15) is 79.1 Å². The maximum absolute atomic E-state index is 13.8. The van der Waals surface area contributed by atoms with E-state index in [4.69, 9.17) is 15.2 Å². The van der Waals surface area contributed by atoms with E-state index in [0.29, 0.717) is 21.8 Å². The summed E-state index contributed by atoms with van der Waals surface area (Å²) < 4.78 is 10.8. The van der Waals surface area contributed by atoms with Crippen molar-refractivity contribution in [3.63, 3.8) is 0 Å². The fraction of sp³-hybridized carbons (Fsp3) is 0.517. The number of methoxy groups -OCH3 is 1. The minimum absolute atomic E-state index is 0.0931. The number of benzene rings is 1. The average Bonchev–Trinajstić information content (AvgIpc) is 3.18. The maximum atomic E-state index is 13.8. The number of carbonyl (C=O) groups excluding carboxylic acids is 2. The van der Waals surface area contributed by atoms with Crippen molar-refractivity contribution >= 4 is 33.9 Å². The average molecular weight is 522 g/mol. The molecule has 4 saturated carbocycles. The first-order valence-corrected chi connectivity index (χ1v) is 14.2. The Hall–Kier alpha value is -3.00. The smallest absolute Gasteiger partial charge is 0.336 e. The first-order chi connectivity index (χ1) is 17.8. The number of ether oxygens (including phenoxy) is 2. The van der Waals surface area contributed by atoms with E-state index < -0.39 is 5.92 Å². The first-order valence-electron chi connectivity index (χ1n) is 13.3. The highest BCUT2D eigenvalue weighted by Crippen LogP contribution is 2.56. The number of anilines is 2. The highest BCUT2D eigenvalue weighted by molar-refractivity contribution is 7.19. The topological polar surface area (TPSA) is 103 Å². The molecule has 0 saturated heterocycles. The summed E-state index contributed by atoms with van der Waals surface area (Å²) >= 11 is 1.38. The van der Waals surface area contributed by atoms with Crippen LogP contribution >= 0.6 is 11.3 Å². The van der Waals surface area contributed by atoms with E-state index in [-0.39, 0.29) is 24.0 Å². The van der Waals surface area contributed by atoms with Gasteiger partial charge in [-0.25, -0.2) is 4.79 Å². The lowest BCUT2D eigenvalue weighted by molar-refractivity contribution is -0.138. The molecule has 7 rings (SSSR count). The third kappa shape index (κ3) is 4.10. The molecule has 4 aliphatic carbocycles. The van der Waals surface area contributed by atoms with E-state index in [9.17, 15) is 9.59 Å². The zero-order valence-electron chi connectivity index (χ0n) is 21.7. The van der Waals surface area contributed by atoms with Crippen molar-refractivity contribution in [2.75, 3.05) is 24.8 Å². The number of nitrogen functional groups attached to an aromatic ring is 1. The fourth-order valence-corrected chi connectivity index (χ4v) is 8.88. The number of hydrogen-bond acceptors (Lipinski definition) is 7. The van der Waals surface area contributed by atoms with Gasteiger partial charge in [-0.1, -0.05) is 12.1 Å². The van der Waals surface area contributed by atoms with E-state index in [1.807, 2.05) is 31.2 Å². The zero-order chi connectivity index (χ0) is 25.9. The predicted molar refractivity (Wildman–Crippen MR) is 145 cm³/mol. The number of nitrogens with one attached hydrogen (secondary N) is 2. The van der Waals surface area contributed by atoms with Gasteiger partial charge in [0.15, 0.2) is 0 Å². The molecule has 2 heterocycles. The largest absolute Gasteiger partial charge is 0.497 e. The molecule has 196 valence electrons. The number of hydrogen-bond donors (Lipinski definition) is 3. The minimum Gasteiger partial charge on any atom is -0.497 e. The van der Waals surface area contributed by atoms with Crippen LogP contribution in [0.4, 0.5) is 10.7 Å². The van der Waals surface area contributed by atoms with Crippen LogP contribution in [0.3, 0.4) is 0 Å². The summed E-state index contributed by atoms with van der Waals surface area (Å²) in [5, 5.41) is 7.63. The Morgan fingerprint density at radius 2 is 1.73 bits per heavy atom. The van der Waals surface area contributed by atoms with Gasteiger partial charge in [-0.05, 0) is 87.8 Å². The summed E-state index contributed by atoms with van der Waals surface area (Å²) in [7, 11) is 1.62. The fourth-order valence-electron chi connectivity index (χ4n) is 7.77. The Morgan fingerprint density at radius 1 is 1.11 bits per heavy atom. The number of rotatable bonds is 6. The molecule has 1 atom stereocenters. The van der Waals surface area contributed by atoms with E-state index in [1.54, 1.807) is 14.0 Å². The standard InChI is InChI=1S/C29H35N3O4S/c1-4-36-28(34)21-15(2)31-27-23(22(21)19-5-7-20(35-3)8-6-19)24(30)25(37-27)26(33)32-29-12-16-9-17(13-29)11-18(10-16)14-29/h5-8,16-18,22,31H,4,9-14,30H2,1-3H3,(H,32,33). The van der Waals surface area contributed by atoms with Gasteiger partial charge >= 0.3 is 5.97 Å². The van der Waals surface area contributed by atoms with Crippen LogP contribution in [-0.4, -0.2) is 31.1 Å². The summed E-state index contributed by atoms with van der Waals surface area (Å²) in [6.45, 7) is 3.94. The molecule has 1 amide bonds. The first kappa shape index (κ1) is 24.3. The summed E-state index contributed by atoms with van der Waals surface area (Å²) in [6.07, 6.45) is 7.20. The van der Waals surface area contributed by atoms with Crippen molar-refractivity contribution in [3.8, 4) is 5.75 Å². The summed E-state index contributed by atoms with van der Waals surface area (Å²) in [6, 6.07) is 7.63. The number of allylic oxidation sites excluding steroid dienone is 1. The van der Waals surface area contributed by atoms with Gasteiger partial charge in [0, 0.05) is 22.7 Å². The molecular weight excluding hydrogens is 486 g/mol. The van der Waals surface area contributed by atoms with Crippen molar-refractivity contribution in [2.45, 2.75) is 63.8 Å². The van der Waals surface area contributed by atoms with Crippen molar-refractivity contribution < 1.29 is 19.1 Å². The highest BCUT2D eigenvalue weighted by Gasteiger charge is 2.52. The second kappa shape index (κ2) is 9.08. The Labute approximate surface area is 221 Å². The lowest BCUT2D eigenvalue weighted by Gasteiger charge is -2.56. The van der Waals surface area contributed by atoms with Crippen molar-refractivity contribution in [1.29, 1.82) is 0 Å². The summed E-state index contributed by atoms with van der Waals surface area (Å²) in [4.78, 5) is 27.4. The van der Waals surface area contributed by atoms with Crippen molar-refractivity contribution in [1.82, 2.24) is 5.32 Å². The van der Waals surface area contributed by atoms with Crippen LogP contribution in [0, 0.1) is 17.8 Å². The lowest BCUT2D eigenvalue weighted by atomic mass is 9.53. The Kier molecular flexibility index (Phi) is 5.97. The van der Waals surface area contributed by atoms with E-state index in [2.05, 4.69) is 10.6 Å². The molecule has 37 heavy (non-hydrogen) atoms. The summed E-state index contributed by atoms with van der Waals surface area (Å²) in [5.74, 6) is 2.01. The number of esters is 1. The number of amides is 1. The molecule has 1 aromatic carbocycles. The zero-order valence-corrected chi connectivity index (χ0v) is 22.5. The monoisotopic (exact) mass is 521 g/mol. The minimum atomic E-state index is -0.446. The number of fused-ring (bicyclic) bond motifs is 1. The Balaban J connectivity index is 1.37. The Bertz CT molecular complexity index is 1240. The van der Waals surface area contributed by atoms with Crippen molar-refractivity contribution in [2.24, 2.45) is 17.8 Å². The lowest BCUT2D eigenvalue weighted by Crippen LogP contribution is -2.59. The number of carbonyl (C=O) groups is 2. The molecule has 7 nitrogen and oxygen atoms in total. The van der Waals surface area contributed by atoms with Gasteiger partial charge in [0.2, 0.25) is 0 Å². The quantitative estimate of drug-likeness (QED) is 0.438. The van der Waals surface area contributed by atoms with Crippen LogP contribution in [0.5, 0.6) is 5.75 Å². The normalized spacial score (nSPS) is 29.5. The SMILES string of the molecule is CCOC(=O)C1=C(C)Nc2sc(C(=O)NC34CC5CC(CC(C5)C3)C4)c(N)c2C1c1ccc(OC)cc1. The molecule has 5 aliphatic rings. The molecule has 0 spiro atoms. The van der Waals surface area contributed by atoms with E-state index >= 15 is 0 Å². The Morgan fingerprint density at radius 3 is 2.30 bits per heavy atom. The molecule has 4 bridgehead atoms. The van der Waals surface area contributed by atoms with Crippen LogP contribution in [-0.2, 0) is 9.53 Å². The highest BCUT2D eigenvalue weighted by atomic mass is 32.1. The third-order valence-electron chi connectivity index (χ3n) is 8.83. The second-order valence-corrected chi connectivity index (χ2v) is 12.4. The molecule has 4 N–H and O–H groups in total. The van der Waals surface area contributed by atoms with Gasteiger partial charge in [0.25, 0.3) is 5.91 Å². The molecule has 2 aromatic rings. The van der Waals surface area contributed by atoms with Gasteiger partial charge in [-0.2, -0.15) is 0 Å². The third-order valence-corrected chi connectivity index (χ3v) is 9.97. The number of thiophene rings is 1. The van der Waals surface area contributed by atoms with Crippen molar-refractivity contribution in [3.05, 3.63) is 51.5 Å². The molecule has 0 radical (unpaired) electrons. The molecule has 4 fully saturated rings. The van der Waals surface area contributed by atoms with Gasteiger partial charge in [0.05, 0.1) is 30.0 Å². The van der Waals surface area contributed by atoms with Crippen LogP contribution in [0.15, 0.2) is 35.5 Å². The molecule has 1 unspecified atom stereocenters. The molecular formula is C29H35N3O4S. The molecule has 8 heteroatoms. The van der Waals surface area contributed by atoms with Crippen LogP contribution in [0.2, 0.25) is 0 Å². The van der Waals surface area contributed by atoms with E-state index in [0.717, 1.165) is 58.9 Å². The number of nitrogens with two attached hydrogens (primary N) is 1. The van der Waals surface area contributed by atoms with Crippen LogP contribution < -0.4 is 21.1 Å². The maximum Gasteiger partial charge on any atom is 0.336 e. The summed E-state index contributed by atoms with van der Waals surface area (Å²) in [5.41, 5.74) is 9.98. The van der Waals surface area contributed by atoms with Gasteiger partial charge in [-0.15, -0.1) is 11.3 Å². The van der Waals surface area contributed by atoms with Crippen LogP contribution in [0.25, 0.3) is 0 Å². The predicted octanol–water partition coefficient (Wildman–Crippen LogP) is 5.43. The van der Waals surface area contributed by atoms with Gasteiger partial charge < -0.3 is 25.8 Å². The van der Waals surface area contributed by atoms with Gasteiger partial charge in [0.1, 0.15) is 10.6 Å². The second-order valence-electron chi connectivity index (χ2n) is 11.3. The molecule has 1 aliphatic heterocycles. The van der Waals surface area contributed by atoms with E-state index in [1.165, 1.54) is 30.6 Å².